The Balaban J connectivity index is 1.60. The molecular formula is C19H20F3N3O3. The van der Waals surface area contributed by atoms with Gasteiger partial charge in [-0.05, 0) is 42.3 Å². The van der Waals surface area contributed by atoms with Crippen molar-refractivity contribution < 1.29 is 27.4 Å². The molecule has 0 aliphatic carbocycles. The highest BCUT2D eigenvalue weighted by Gasteiger charge is 2.34. The van der Waals surface area contributed by atoms with Gasteiger partial charge < -0.3 is 25.0 Å². The van der Waals surface area contributed by atoms with Crippen molar-refractivity contribution in [3.05, 3.63) is 47.5 Å². The molecule has 2 N–H and O–H groups in total. The van der Waals surface area contributed by atoms with Crippen LogP contribution in [0.15, 0.2) is 36.4 Å². The highest BCUT2D eigenvalue weighted by atomic mass is 19.4. The Morgan fingerprint density at radius 2 is 1.86 bits per heavy atom. The number of alkyl halides is 3. The second kappa shape index (κ2) is 7.87. The standard InChI is InChI=1S/C19H20F3N3O3/c1-25(2)13-4-5-15(14(10-13)19(20,21)22)24-18(26)23-8-7-12-3-6-16-17(9-12)28-11-27-16/h3-6,9-10H,7-8,11H2,1-2H3,(H2,23,24,26). The molecular weight excluding hydrogens is 375 g/mol. The van der Waals surface area contributed by atoms with E-state index in [0.717, 1.165) is 11.6 Å². The van der Waals surface area contributed by atoms with Crippen molar-refractivity contribution in [3.8, 4) is 11.5 Å². The van der Waals surface area contributed by atoms with E-state index in [9.17, 15) is 18.0 Å². The minimum Gasteiger partial charge on any atom is -0.454 e. The van der Waals surface area contributed by atoms with Gasteiger partial charge in [0, 0.05) is 26.3 Å². The molecule has 28 heavy (non-hydrogen) atoms. The van der Waals surface area contributed by atoms with Gasteiger partial charge in [0.05, 0.1) is 11.3 Å². The summed E-state index contributed by atoms with van der Waals surface area (Å²) in [6, 6.07) is 8.48. The lowest BCUT2D eigenvalue weighted by atomic mass is 10.1. The molecule has 0 radical (unpaired) electrons. The smallest absolute Gasteiger partial charge is 0.418 e. The molecule has 2 aromatic carbocycles. The Morgan fingerprint density at radius 1 is 1.11 bits per heavy atom. The van der Waals surface area contributed by atoms with Crippen molar-refractivity contribution in [2.75, 3.05) is 37.6 Å². The summed E-state index contributed by atoms with van der Waals surface area (Å²) < 4.78 is 50.4. The first kappa shape index (κ1) is 19.7. The van der Waals surface area contributed by atoms with E-state index in [0.29, 0.717) is 23.6 Å². The maximum atomic E-state index is 13.3. The predicted molar refractivity (Wildman–Crippen MR) is 99.1 cm³/mol. The third kappa shape index (κ3) is 4.59. The number of hydrogen-bond donors (Lipinski definition) is 2. The third-order valence-corrected chi connectivity index (χ3v) is 4.21. The number of hydrogen-bond acceptors (Lipinski definition) is 4. The fraction of sp³-hybridized carbons (Fsp3) is 0.316. The highest BCUT2D eigenvalue weighted by molar-refractivity contribution is 5.90. The number of ether oxygens (including phenoxy) is 2. The van der Waals surface area contributed by atoms with Crippen LogP contribution in [0.2, 0.25) is 0 Å². The average molecular weight is 395 g/mol. The number of fused-ring (bicyclic) bond motifs is 1. The zero-order valence-corrected chi connectivity index (χ0v) is 15.4. The third-order valence-electron chi connectivity index (χ3n) is 4.21. The van der Waals surface area contributed by atoms with Gasteiger partial charge in [0.25, 0.3) is 0 Å². The SMILES string of the molecule is CN(C)c1ccc(NC(=O)NCCc2ccc3c(c2)OCO3)c(C(F)(F)F)c1. The zero-order valence-electron chi connectivity index (χ0n) is 15.4. The molecule has 1 aliphatic rings. The van der Waals surface area contributed by atoms with Crippen LogP contribution in [0.3, 0.4) is 0 Å². The van der Waals surface area contributed by atoms with Crippen molar-refractivity contribution >= 4 is 17.4 Å². The number of amides is 2. The molecule has 0 bridgehead atoms. The van der Waals surface area contributed by atoms with Crippen molar-refractivity contribution in [1.82, 2.24) is 5.32 Å². The van der Waals surface area contributed by atoms with Gasteiger partial charge in [0.2, 0.25) is 6.79 Å². The molecule has 1 aliphatic heterocycles. The summed E-state index contributed by atoms with van der Waals surface area (Å²) in [5, 5.41) is 4.84. The first-order chi connectivity index (χ1) is 13.2. The van der Waals surface area contributed by atoms with E-state index in [1.807, 2.05) is 12.1 Å². The lowest BCUT2D eigenvalue weighted by molar-refractivity contribution is -0.136. The Bertz CT molecular complexity index is 869. The van der Waals surface area contributed by atoms with Gasteiger partial charge in [-0.3, -0.25) is 0 Å². The van der Waals surface area contributed by atoms with Crippen molar-refractivity contribution in [2.24, 2.45) is 0 Å². The summed E-state index contributed by atoms with van der Waals surface area (Å²) in [6.07, 6.45) is -4.09. The van der Waals surface area contributed by atoms with Crippen LogP contribution in [0.25, 0.3) is 0 Å². The van der Waals surface area contributed by atoms with E-state index in [4.69, 9.17) is 9.47 Å². The van der Waals surface area contributed by atoms with Gasteiger partial charge in [0.15, 0.2) is 11.5 Å². The van der Waals surface area contributed by atoms with E-state index in [2.05, 4.69) is 10.6 Å². The number of nitrogens with one attached hydrogen (secondary N) is 2. The van der Waals surface area contributed by atoms with E-state index in [1.54, 1.807) is 25.1 Å². The molecule has 0 saturated heterocycles. The van der Waals surface area contributed by atoms with Gasteiger partial charge in [-0.25, -0.2) is 4.79 Å². The van der Waals surface area contributed by atoms with Crippen LogP contribution < -0.4 is 25.0 Å². The molecule has 3 rings (SSSR count). The molecule has 0 fully saturated rings. The summed E-state index contributed by atoms with van der Waals surface area (Å²) in [4.78, 5) is 13.6. The lowest BCUT2D eigenvalue weighted by Gasteiger charge is -2.19. The van der Waals surface area contributed by atoms with Gasteiger partial charge >= 0.3 is 12.2 Å². The summed E-state index contributed by atoms with van der Waals surface area (Å²) >= 11 is 0. The Hall–Kier alpha value is -3.10. The second-order valence-corrected chi connectivity index (χ2v) is 6.44. The van der Waals surface area contributed by atoms with E-state index < -0.39 is 17.8 Å². The number of halogens is 3. The molecule has 0 spiro atoms. The molecule has 0 saturated carbocycles. The summed E-state index contributed by atoms with van der Waals surface area (Å²) in [6.45, 7) is 0.427. The fourth-order valence-electron chi connectivity index (χ4n) is 2.74. The summed E-state index contributed by atoms with van der Waals surface area (Å²) in [7, 11) is 3.29. The molecule has 9 heteroatoms. The minimum atomic E-state index is -4.58. The topological polar surface area (TPSA) is 62.8 Å². The number of nitrogens with zero attached hydrogens (tertiary/aromatic N) is 1. The quantitative estimate of drug-likeness (QED) is 0.807. The molecule has 2 amide bonds. The highest BCUT2D eigenvalue weighted by Crippen LogP contribution is 2.37. The number of anilines is 2. The van der Waals surface area contributed by atoms with Crippen molar-refractivity contribution in [1.29, 1.82) is 0 Å². The maximum absolute atomic E-state index is 13.3. The Kier molecular flexibility index (Phi) is 5.53. The van der Waals surface area contributed by atoms with Gasteiger partial charge in [-0.2, -0.15) is 13.2 Å². The van der Waals surface area contributed by atoms with E-state index >= 15 is 0 Å². The van der Waals surface area contributed by atoms with Crippen LogP contribution in [0.5, 0.6) is 11.5 Å². The van der Waals surface area contributed by atoms with E-state index in [-0.39, 0.29) is 19.0 Å². The molecule has 0 aromatic heterocycles. The molecule has 1 heterocycles. The first-order valence-electron chi connectivity index (χ1n) is 8.56. The zero-order chi connectivity index (χ0) is 20.3. The van der Waals surface area contributed by atoms with E-state index in [1.165, 1.54) is 12.1 Å². The number of carbonyl (C=O) groups excluding carboxylic acids is 1. The molecule has 0 atom stereocenters. The fourth-order valence-corrected chi connectivity index (χ4v) is 2.74. The van der Waals surface area contributed by atoms with Gasteiger partial charge in [-0.1, -0.05) is 6.07 Å². The molecule has 0 unspecified atom stereocenters. The number of urea groups is 1. The van der Waals surface area contributed by atoms with Crippen molar-refractivity contribution in [2.45, 2.75) is 12.6 Å². The Labute approximate surface area is 160 Å². The summed E-state index contributed by atoms with van der Waals surface area (Å²) in [5.74, 6) is 1.30. The van der Waals surface area contributed by atoms with Crippen LogP contribution in [0, 0.1) is 0 Å². The monoisotopic (exact) mass is 395 g/mol. The normalized spacial score (nSPS) is 12.6. The van der Waals surface area contributed by atoms with Gasteiger partial charge in [0.1, 0.15) is 0 Å². The minimum absolute atomic E-state index is 0.174. The first-order valence-corrected chi connectivity index (χ1v) is 8.56. The van der Waals surface area contributed by atoms with Crippen molar-refractivity contribution in [3.63, 3.8) is 0 Å². The number of rotatable bonds is 5. The summed E-state index contributed by atoms with van der Waals surface area (Å²) in [5.41, 5.74) is 0.111. The molecule has 6 nitrogen and oxygen atoms in total. The van der Waals surface area contributed by atoms with Crippen LogP contribution in [-0.4, -0.2) is 33.5 Å². The predicted octanol–water partition coefficient (Wildman–Crippen LogP) is 3.86. The number of carbonyl (C=O) groups is 1. The van der Waals surface area contributed by atoms with Gasteiger partial charge in [-0.15, -0.1) is 0 Å². The lowest BCUT2D eigenvalue weighted by Crippen LogP contribution is -2.31. The largest absolute Gasteiger partial charge is 0.454 e. The number of benzene rings is 2. The van der Waals surface area contributed by atoms with Crippen LogP contribution >= 0.6 is 0 Å². The maximum Gasteiger partial charge on any atom is 0.418 e. The van der Waals surface area contributed by atoms with Crippen LogP contribution in [0.4, 0.5) is 29.3 Å². The average Bonchev–Trinajstić information content (AvgIpc) is 3.08. The van der Waals surface area contributed by atoms with Crippen LogP contribution in [-0.2, 0) is 12.6 Å². The second-order valence-electron chi connectivity index (χ2n) is 6.44. The Morgan fingerprint density at radius 3 is 2.57 bits per heavy atom. The van der Waals surface area contributed by atoms with Crippen LogP contribution in [0.1, 0.15) is 11.1 Å². The molecule has 150 valence electrons. The molecule has 2 aromatic rings.